The summed E-state index contributed by atoms with van der Waals surface area (Å²) >= 11 is 0.0304. The first-order valence-corrected chi connectivity index (χ1v) is 9.50. The molecule has 0 bridgehead atoms. The van der Waals surface area contributed by atoms with Crippen molar-refractivity contribution >= 4 is 14.5 Å². The van der Waals surface area contributed by atoms with Gasteiger partial charge in [-0.25, -0.2) is 0 Å². The van der Waals surface area contributed by atoms with Gasteiger partial charge in [0.25, 0.3) is 0 Å². The Morgan fingerprint density at radius 3 is 1.71 bits per heavy atom. The Bertz CT molecular complexity index is 947. The summed E-state index contributed by atoms with van der Waals surface area (Å²) in [4.78, 5) is 0. The minimum atomic E-state index is 0.0304. The van der Waals surface area contributed by atoms with Crippen molar-refractivity contribution in [3.05, 3.63) is 91.0 Å². The second-order valence-electron chi connectivity index (χ2n) is 5.46. The fraction of sp³-hybridized carbons (Fsp3) is 0. The third-order valence-electron chi connectivity index (χ3n) is 3.89. The zero-order chi connectivity index (χ0) is 16.4. The molecule has 3 heteroatoms. The van der Waals surface area contributed by atoms with Crippen molar-refractivity contribution in [2.45, 2.75) is 0 Å². The van der Waals surface area contributed by atoms with Crippen LogP contribution in [0.2, 0.25) is 0 Å². The summed E-state index contributed by atoms with van der Waals surface area (Å²) in [5.41, 5.74) is 3.22. The van der Waals surface area contributed by atoms with Crippen LogP contribution < -0.4 is 4.57 Å². The zero-order valence-corrected chi connectivity index (χ0v) is 14.7. The second-order valence-corrected chi connectivity index (χ2v) is 7.56. The van der Waals surface area contributed by atoms with E-state index in [0.29, 0.717) is 5.88 Å². The summed E-state index contributed by atoms with van der Waals surface area (Å²) in [5.74, 6) is 0.339. The maximum absolute atomic E-state index is 11.0. The standard InChI is InChI=1S/C21H15NOSe/c23-20-19(16-10-4-1-5-11-16)24-21(17-12-6-2-7-13-17)22(20)18-14-8-3-9-15-18/h1-15H/p+1. The molecule has 0 saturated carbocycles. The molecular formula is C21H16NOSe+. The molecule has 1 N–H and O–H groups in total. The number of aromatic nitrogens is 1. The van der Waals surface area contributed by atoms with E-state index in [0.717, 1.165) is 25.8 Å². The molecule has 4 aromatic rings. The van der Waals surface area contributed by atoms with E-state index in [1.165, 1.54) is 0 Å². The number of nitrogens with zero attached hydrogens (tertiary/aromatic N) is 1. The molecule has 116 valence electrons. The molecule has 0 radical (unpaired) electrons. The van der Waals surface area contributed by atoms with Crippen LogP contribution in [0, 0.1) is 0 Å². The molecule has 2 nitrogen and oxygen atoms in total. The Morgan fingerprint density at radius 2 is 1.12 bits per heavy atom. The summed E-state index contributed by atoms with van der Waals surface area (Å²) < 4.78 is 4.16. The van der Waals surface area contributed by atoms with Gasteiger partial charge in [0, 0.05) is 0 Å². The van der Waals surface area contributed by atoms with Gasteiger partial charge in [-0.2, -0.15) is 0 Å². The molecule has 1 heterocycles. The van der Waals surface area contributed by atoms with E-state index in [2.05, 4.69) is 24.3 Å². The molecule has 3 aromatic carbocycles. The molecule has 4 rings (SSSR count). The van der Waals surface area contributed by atoms with Crippen LogP contribution in [0.4, 0.5) is 0 Å². The van der Waals surface area contributed by atoms with Crippen molar-refractivity contribution in [1.82, 2.24) is 0 Å². The first-order chi connectivity index (χ1) is 11.8. The van der Waals surface area contributed by atoms with Gasteiger partial charge in [0.15, 0.2) is 0 Å². The molecule has 0 aliphatic carbocycles. The van der Waals surface area contributed by atoms with Crippen molar-refractivity contribution in [3.63, 3.8) is 0 Å². The zero-order valence-electron chi connectivity index (χ0n) is 13.0. The first kappa shape index (κ1) is 14.9. The molecule has 0 fully saturated rings. The molecular weight excluding hydrogens is 361 g/mol. The van der Waals surface area contributed by atoms with Crippen molar-refractivity contribution < 1.29 is 9.67 Å². The predicted octanol–water partition coefficient (Wildman–Crippen LogP) is 4.06. The fourth-order valence-electron chi connectivity index (χ4n) is 2.75. The Hall–Kier alpha value is -2.61. The SMILES string of the molecule is Oc1c(-c2ccccc2)[se]c(-c2ccccc2)[n+]1-c1ccccc1. The molecule has 0 spiro atoms. The van der Waals surface area contributed by atoms with Crippen LogP contribution in [0.25, 0.3) is 25.8 Å². The maximum atomic E-state index is 11.0. The van der Waals surface area contributed by atoms with Crippen molar-refractivity contribution in [2.75, 3.05) is 0 Å². The van der Waals surface area contributed by atoms with E-state index < -0.39 is 0 Å². The Balaban J connectivity index is 1.99. The van der Waals surface area contributed by atoms with E-state index in [-0.39, 0.29) is 14.5 Å². The molecule has 0 atom stereocenters. The van der Waals surface area contributed by atoms with Crippen molar-refractivity contribution in [1.29, 1.82) is 0 Å². The normalized spacial score (nSPS) is 10.7. The molecule has 0 saturated heterocycles. The average molecular weight is 377 g/mol. The van der Waals surface area contributed by atoms with Gasteiger partial charge < -0.3 is 0 Å². The average Bonchev–Trinajstić information content (AvgIpc) is 3.01. The molecule has 1 aromatic heterocycles. The summed E-state index contributed by atoms with van der Waals surface area (Å²) in [7, 11) is 0. The van der Waals surface area contributed by atoms with Crippen molar-refractivity contribution in [3.8, 4) is 31.7 Å². The number of benzene rings is 3. The van der Waals surface area contributed by atoms with Crippen LogP contribution in [0.15, 0.2) is 91.0 Å². The molecule has 0 unspecified atom stereocenters. The molecule has 0 aliphatic heterocycles. The third-order valence-corrected chi connectivity index (χ3v) is 6.48. The second kappa shape index (κ2) is 6.48. The van der Waals surface area contributed by atoms with Gasteiger partial charge in [-0.3, -0.25) is 0 Å². The summed E-state index contributed by atoms with van der Waals surface area (Å²) in [5, 5.41) is 11.0. The Morgan fingerprint density at radius 1 is 0.625 bits per heavy atom. The van der Waals surface area contributed by atoms with Crippen LogP contribution in [-0.2, 0) is 0 Å². The number of aromatic hydroxyl groups is 1. The summed E-state index contributed by atoms with van der Waals surface area (Å²) in [6, 6.07) is 30.5. The van der Waals surface area contributed by atoms with E-state index in [9.17, 15) is 5.11 Å². The van der Waals surface area contributed by atoms with Gasteiger partial charge in [-0.05, 0) is 0 Å². The van der Waals surface area contributed by atoms with Crippen LogP contribution in [-0.4, -0.2) is 19.6 Å². The van der Waals surface area contributed by atoms with E-state index >= 15 is 0 Å². The van der Waals surface area contributed by atoms with E-state index in [4.69, 9.17) is 0 Å². The number of hydrogen-bond acceptors (Lipinski definition) is 1. The summed E-state index contributed by atoms with van der Waals surface area (Å²) in [6.45, 7) is 0. The first-order valence-electron chi connectivity index (χ1n) is 7.78. The van der Waals surface area contributed by atoms with Crippen LogP contribution in [0.1, 0.15) is 0 Å². The molecule has 24 heavy (non-hydrogen) atoms. The monoisotopic (exact) mass is 378 g/mol. The predicted molar refractivity (Wildman–Crippen MR) is 97.5 cm³/mol. The van der Waals surface area contributed by atoms with Gasteiger partial charge in [0.1, 0.15) is 0 Å². The van der Waals surface area contributed by atoms with Gasteiger partial charge in [-0.1, -0.05) is 0 Å². The molecule has 0 amide bonds. The van der Waals surface area contributed by atoms with Gasteiger partial charge >= 0.3 is 147 Å². The van der Waals surface area contributed by atoms with Crippen molar-refractivity contribution in [2.24, 2.45) is 0 Å². The van der Waals surface area contributed by atoms with E-state index in [1.54, 1.807) is 0 Å². The topological polar surface area (TPSA) is 24.1 Å². The van der Waals surface area contributed by atoms with Gasteiger partial charge in [-0.15, -0.1) is 0 Å². The van der Waals surface area contributed by atoms with Crippen LogP contribution >= 0.6 is 0 Å². The quantitative estimate of drug-likeness (QED) is 0.423. The Labute approximate surface area is 147 Å². The van der Waals surface area contributed by atoms with Gasteiger partial charge in [0.05, 0.1) is 0 Å². The molecule has 0 aliphatic rings. The number of rotatable bonds is 3. The van der Waals surface area contributed by atoms with Crippen LogP contribution in [0.5, 0.6) is 5.88 Å². The summed E-state index contributed by atoms with van der Waals surface area (Å²) in [6.07, 6.45) is 0. The number of hydrogen-bond donors (Lipinski definition) is 1. The van der Waals surface area contributed by atoms with Gasteiger partial charge in [0.2, 0.25) is 0 Å². The Kier molecular flexibility index (Phi) is 4.04. The number of para-hydroxylation sites is 1. The minimum absolute atomic E-state index is 0.0304. The van der Waals surface area contributed by atoms with E-state index in [1.807, 2.05) is 71.3 Å². The van der Waals surface area contributed by atoms with Crippen LogP contribution in [0.3, 0.4) is 0 Å². The fourth-order valence-corrected chi connectivity index (χ4v) is 5.20. The third kappa shape index (κ3) is 2.69.